The third kappa shape index (κ3) is 3.43. The lowest BCUT2D eigenvalue weighted by molar-refractivity contribution is 0.214. The Labute approximate surface area is 106 Å². The fourth-order valence-corrected chi connectivity index (χ4v) is 1.63. The monoisotopic (exact) mass is 277 g/mol. The SMILES string of the molecule is CC(C)(C=C(c1ccccc1F)C(F)F)S(N)=O. The topological polar surface area (TPSA) is 43.1 Å². The third-order valence-electron chi connectivity index (χ3n) is 2.44. The van der Waals surface area contributed by atoms with Crippen molar-refractivity contribution in [1.82, 2.24) is 0 Å². The molecule has 0 bridgehead atoms. The lowest BCUT2D eigenvalue weighted by Gasteiger charge is -2.19. The van der Waals surface area contributed by atoms with Crippen LogP contribution in [0.15, 0.2) is 30.3 Å². The number of rotatable bonds is 4. The third-order valence-corrected chi connectivity index (χ3v) is 3.60. The lowest BCUT2D eigenvalue weighted by Crippen LogP contribution is -2.30. The quantitative estimate of drug-likeness (QED) is 0.903. The van der Waals surface area contributed by atoms with E-state index in [4.69, 9.17) is 5.14 Å². The van der Waals surface area contributed by atoms with Gasteiger partial charge in [0.2, 0.25) is 0 Å². The van der Waals surface area contributed by atoms with Crippen molar-refractivity contribution in [3.63, 3.8) is 0 Å². The van der Waals surface area contributed by atoms with Gasteiger partial charge in [-0.3, -0.25) is 5.14 Å². The number of allylic oxidation sites excluding steroid dienone is 1. The average molecular weight is 277 g/mol. The number of halogens is 3. The molecule has 0 aromatic heterocycles. The molecule has 1 unspecified atom stereocenters. The summed E-state index contributed by atoms with van der Waals surface area (Å²) in [7, 11) is -1.83. The van der Waals surface area contributed by atoms with E-state index in [1.807, 2.05) is 0 Å². The Balaban J connectivity index is 3.33. The molecule has 0 saturated heterocycles. The van der Waals surface area contributed by atoms with Crippen molar-refractivity contribution in [3.05, 3.63) is 41.7 Å². The fourth-order valence-electron chi connectivity index (χ4n) is 1.39. The van der Waals surface area contributed by atoms with Crippen LogP contribution in [0.5, 0.6) is 0 Å². The number of alkyl halides is 2. The predicted octanol–water partition coefficient (Wildman–Crippen LogP) is 2.88. The van der Waals surface area contributed by atoms with Gasteiger partial charge in [-0.15, -0.1) is 0 Å². The van der Waals surface area contributed by atoms with Crippen molar-refractivity contribution >= 4 is 16.6 Å². The molecule has 0 spiro atoms. The van der Waals surface area contributed by atoms with Gasteiger partial charge in [0.15, 0.2) is 0 Å². The first-order chi connectivity index (χ1) is 8.25. The summed E-state index contributed by atoms with van der Waals surface area (Å²) in [6.07, 6.45) is -1.81. The first kappa shape index (κ1) is 14.9. The van der Waals surface area contributed by atoms with Crippen LogP contribution in [0.25, 0.3) is 5.57 Å². The van der Waals surface area contributed by atoms with Crippen molar-refractivity contribution in [1.29, 1.82) is 0 Å². The zero-order valence-corrected chi connectivity index (χ0v) is 10.8. The normalized spacial score (nSPS) is 14.9. The highest BCUT2D eigenvalue weighted by molar-refractivity contribution is 7.84. The van der Waals surface area contributed by atoms with Gasteiger partial charge in [-0.25, -0.2) is 17.4 Å². The summed E-state index contributed by atoms with van der Waals surface area (Å²) in [5.41, 5.74) is -0.706. The number of nitrogens with two attached hydrogens (primary N) is 1. The summed E-state index contributed by atoms with van der Waals surface area (Å²) in [6.45, 7) is 2.90. The van der Waals surface area contributed by atoms with Crippen LogP contribution in [-0.2, 0) is 11.0 Å². The Kier molecular flexibility index (Phi) is 4.70. The average Bonchev–Trinajstić information content (AvgIpc) is 2.26. The summed E-state index contributed by atoms with van der Waals surface area (Å²) in [5.74, 6) is -0.748. The van der Waals surface area contributed by atoms with Gasteiger partial charge >= 0.3 is 0 Å². The minimum Gasteiger partial charge on any atom is -0.251 e. The molecule has 0 amide bonds. The van der Waals surface area contributed by atoms with Gasteiger partial charge in [-0.1, -0.05) is 24.3 Å². The second-order valence-electron chi connectivity index (χ2n) is 4.28. The van der Waals surface area contributed by atoms with Crippen LogP contribution in [0.3, 0.4) is 0 Å². The Morgan fingerprint density at radius 1 is 1.39 bits per heavy atom. The van der Waals surface area contributed by atoms with E-state index in [1.165, 1.54) is 32.0 Å². The van der Waals surface area contributed by atoms with E-state index >= 15 is 0 Å². The van der Waals surface area contributed by atoms with E-state index in [2.05, 4.69) is 0 Å². The van der Waals surface area contributed by atoms with Crippen molar-refractivity contribution in [2.24, 2.45) is 5.14 Å². The molecule has 2 nitrogen and oxygen atoms in total. The van der Waals surface area contributed by atoms with E-state index < -0.39 is 33.5 Å². The molecule has 0 radical (unpaired) electrons. The molecule has 0 heterocycles. The van der Waals surface area contributed by atoms with Crippen molar-refractivity contribution in [2.45, 2.75) is 25.0 Å². The minimum atomic E-state index is -2.87. The van der Waals surface area contributed by atoms with Gasteiger partial charge in [-0.2, -0.15) is 0 Å². The summed E-state index contributed by atoms with van der Waals surface area (Å²) in [4.78, 5) is 0. The Bertz CT molecular complexity index is 486. The standard InChI is InChI=1S/C12H14F3NOS/c1-12(2,18(16)17)7-9(11(14)15)8-5-3-4-6-10(8)13/h3-7,11H,16H2,1-2H3. The van der Waals surface area contributed by atoms with Crippen LogP contribution in [0, 0.1) is 5.82 Å². The highest BCUT2D eigenvalue weighted by Gasteiger charge is 2.26. The van der Waals surface area contributed by atoms with Gasteiger partial charge < -0.3 is 0 Å². The molecule has 1 rings (SSSR count). The van der Waals surface area contributed by atoms with E-state index in [9.17, 15) is 17.4 Å². The lowest BCUT2D eigenvalue weighted by atomic mass is 10.0. The summed E-state index contributed by atoms with van der Waals surface area (Å²) < 4.78 is 49.5. The van der Waals surface area contributed by atoms with Gasteiger partial charge in [0.25, 0.3) is 6.43 Å². The van der Waals surface area contributed by atoms with Crippen LogP contribution >= 0.6 is 0 Å². The van der Waals surface area contributed by atoms with Crippen molar-refractivity contribution in [2.75, 3.05) is 0 Å². The maximum absolute atomic E-state index is 13.5. The molecule has 1 aromatic rings. The maximum Gasteiger partial charge on any atom is 0.264 e. The number of hydrogen-bond donors (Lipinski definition) is 1. The van der Waals surface area contributed by atoms with Crippen molar-refractivity contribution in [3.8, 4) is 0 Å². The molecule has 0 saturated carbocycles. The van der Waals surface area contributed by atoms with Crippen LogP contribution in [0.2, 0.25) is 0 Å². The Hall–Kier alpha value is -1.14. The smallest absolute Gasteiger partial charge is 0.251 e. The highest BCUT2D eigenvalue weighted by atomic mass is 32.2. The molecule has 6 heteroatoms. The highest BCUT2D eigenvalue weighted by Crippen LogP contribution is 2.28. The van der Waals surface area contributed by atoms with E-state index in [0.717, 1.165) is 12.1 Å². The molecule has 18 heavy (non-hydrogen) atoms. The summed E-state index contributed by atoms with van der Waals surface area (Å²) in [5, 5.41) is 5.22. The fraction of sp³-hybridized carbons (Fsp3) is 0.333. The van der Waals surface area contributed by atoms with E-state index in [0.29, 0.717) is 0 Å². The van der Waals surface area contributed by atoms with Gasteiger partial charge in [0.1, 0.15) is 5.82 Å². The maximum atomic E-state index is 13.5. The number of hydrogen-bond acceptors (Lipinski definition) is 1. The van der Waals surface area contributed by atoms with Gasteiger partial charge in [0.05, 0.1) is 15.7 Å². The molecule has 0 aliphatic rings. The van der Waals surface area contributed by atoms with Crippen LogP contribution in [-0.4, -0.2) is 15.4 Å². The van der Waals surface area contributed by atoms with Gasteiger partial charge in [-0.05, 0) is 19.9 Å². The van der Waals surface area contributed by atoms with Crippen LogP contribution < -0.4 is 5.14 Å². The second kappa shape index (κ2) is 5.67. The molecular formula is C12H14F3NOS. The van der Waals surface area contributed by atoms with Crippen LogP contribution in [0.1, 0.15) is 19.4 Å². The first-order valence-corrected chi connectivity index (χ1v) is 6.39. The van der Waals surface area contributed by atoms with E-state index in [1.54, 1.807) is 0 Å². The molecule has 0 aliphatic heterocycles. The predicted molar refractivity (Wildman–Crippen MR) is 66.8 cm³/mol. The van der Waals surface area contributed by atoms with E-state index in [-0.39, 0.29) is 5.56 Å². The largest absolute Gasteiger partial charge is 0.264 e. The molecule has 100 valence electrons. The second-order valence-corrected chi connectivity index (χ2v) is 5.93. The van der Waals surface area contributed by atoms with Crippen LogP contribution in [0.4, 0.5) is 13.2 Å². The minimum absolute atomic E-state index is 0.203. The first-order valence-electron chi connectivity index (χ1n) is 5.18. The molecule has 0 aliphatic carbocycles. The summed E-state index contributed by atoms with van der Waals surface area (Å²) in [6, 6.07) is 5.22. The molecule has 1 aromatic carbocycles. The zero-order chi connectivity index (χ0) is 13.9. The van der Waals surface area contributed by atoms with Gasteiger partial charge in [0, 0.05) is 11.1 Å². The Morgan fingerprint density at radius 3 is 2.39 bits per heavy atom. The molecule has 2 N–H and O–H groups in total. The Morgan fingerprint density at radius 2 is 1.94 bits per heavy atom. The molecular weight excluding hydrogens is 263 g/mol. The zero-order valence-electron chi connectivity index (χ0n) is 9.99. The van der Waals surface area contributed by atoms with Crippen molar-refractivity contribution < 1.29 is 17.4 Å². The molecule has 1 atom stereocenters. The summed E-state index contributed by atoms with van der Waals surface area (Å²) >= 11 is 0. The number of benzene rings is 1. The molecule has 0 fully saturated rings.